The predicted molar refractivity (Wildman–Crippen MR) is 195 cm³/mol. The summed E-state index contributed by atoms with van der Waals surface area (Å²) in [5.41, 5.74) is 7.85. The van der Waals surface area contributed by atoms with Crippen LogP contribution in [0, 0.1) is 22.0 Å². The molecule has 0 radical (unpaired) electrons. The molecule has 9 nitrogen and oxygen atoms in total. The van der Waals surface area contributed by atoms with Gasteiger partial charge in [0.05, 0.1) is 29.1 Å². The Labute approximate surface area is 282 Å². The number of nitrogens with one attached hydrogen (secondary N) is 1. The summed E-state index contributed by atoms with van der Waals surface area (Å²) in [4.78, 5) is 30.0. The van der Waals surface area contributed by atoms with Gasteiger partial charge in [0.2, 0.25) is 5.95 Å². The Morgan fingerprint density at radius 3 is 2.62 bits per heavy atom. The van der Waals surface area contributed by atoms with Crippen LogP contribution < -0.4 is 10.1 Å². The molecule has 0 amide bonds. The Morgan fingerprint density at radius 1 is 1.15 bits per heavy atom. The minimum Gasteiger partial charge on any atom is -0.495 e. The number of anilines is 2. The van der Waals surface area contributed by atoms with Crippen molar-refractivity contribution in [3.63, 3.8) is 0 Å². The molecule has 0 saturated heterocycles. The van der Waals surface area contributed by atoms with E-state index in [0.29, 0.717) is 34.8 Å². The number of hydrogen-bond acceptors (Lipinski definition) is 9. The largest absolute Gasteiger partial charge is 0.495 e. The van der Waals surface area contributed by atoms with Crippen LogP contribution in [0.3, 0.4) is 0 Å². The van der Waals surface area contributed by atoms with Crippen LogP contribution in [0.5, 0.6) is 5.75 Å². The highest BCUT2D eigenvalue weighted by Crippen LogP contribution is 2.41. The third-order valence-corrected chi connectivity index (χ3v) is 10.2. The summed E-state index contributed by atoms with van der Waals surface area (Å²) < 4.78 is 5.77. The van der Waals surface area contributed by atoms with E-state index >= 15 is 0 Å². The third kappa shape index (κ3) is 7.65. The van der Waals surface area contributed by atoms with E-state index in [1.165, 1.54) is 16.8 Å². The second kappa shape index (κ2) is 14.9. The van der Waals surface area contributed by atoms with E-state index < -0.39 is 0 Å². The maximum Gasteiger partial charge on any atom is 0.275 e. The second-order valence-corrected chi connectivity index (χ2v) is 14.3. The van der Waals surface area contributed by atoms with Gasteiger partial charge in [-0.2, -0.15) is 0 Å². The van der Waals surface area contributed by atoms with Gasteiger partial charge in [0.25, 0.3) is 5.69 Å². The van der Waals surface area contributed by atoms with Crippen molar-refractivity contribution >= 4 is 50.3 Å². The number of methoxy groups -OCH3 is 1. The minimum absolute atomic E-state index is 0.00995. The van der Waals surface area contributed by atoms with E-state index in [1.807, 2.05) is 12.3 Å². The van der Waals surface area contributed by atoms with Gasteiger partial charge < -0.3 is 15.0 Å². The number of unbranched alkanes of at least 4 members (excludes halogenated alkanes) is 1. The highest BCUT2D eigenvalue weighted by atomic mass is 32.1. The minimum atomic E-state index is -0.305. The van der Waals surface area contributed by atoms with Crippen LogP contribution in [0.1, 0.15) is 82.9 Å². The zero-order chi connectivity index (χ0) is 33.8. The van der Waals surface area contributed by atoms with Crippen LogP contribution in [-0.2, 0) is 12.8 Å². The standard InChI is InChI=1S/C37H48N6O3S/c1-9-25-18-27(19-26-13-14-28(22(2)3)24(5)38-34(25)26)35-29-15-17-47-36(29)41-37(40-35)39-31-21-32(43(44)45)30(20-33(31)46-8)23(4)12-10-11-16-42(6)7/h15,17-23,28H,9-14,16H2,1-8H3,(H,39,40,41). The van der Waals surface area contributed by atoms with Gasteiger partial charge in [-0.1, -0.05) is 34.1 Å². The van der Waals surface area contributed by atoms with Crippen LogP contribution in [0.25, 0.3) is 21.5 Å². The maximum atomic E-state index is 12.3. The molecule has 1 aliphatic rings. The number of benzene rings is 2. The molecule has 250 valence electrons. The molecule has 1 aliphatic heterocycles. The van der Waals surface area contributed by atoms with Crippen molar-refractivity contribution in [2.45, 2.75) is 79.1 Å². The average molecular weight is 657 g/mol. The number of aryl methyl sites for hydroxylation is 2. The van der Waals surface area contributed by atoms with E-state index in [-0.39, 0.29) is 16.5 Å². The summed E-state index contributed by atoms with van der Waals surface area (Å²) in [5, 5.41) is 18.6. The van der Waals surface area contributed by atoms with Crippen LogP contribution in [-0.4, -0.2) is 53.3 Å². The number of nitro benzene ring substituents is 1. The quantitative estimate of drug-likeness (QED) is 0.0867. The third-order valence-electron chi connectivity index (χ3n) is 9.42. The molecule has 0 spiro atoms. The van der Waals surface area contributed by atoms with Gasteiger partial charge in [-0.05, 0) is 118 Å². The molecule has 2 aromatic heterocycles. The van der Waals surface area contributed by atoms with Gasteiger partial charge >= 0.3 is 0 Å². The number of ether oxygens (including phenoxy) is 1. The summed E-state index contributed by atoms with van der Waals surface area (Å²) in [6, 6.07) is 9.89. The van der Waals surface area contributed by atoms with Gasteiger partial charge in [0.1, 0.15) is 10.6 Å². The van der Waals surface area contributed by atoms with Crippen LogP contribution in [0.15, 0.2) is 40.7 Å². The van der Waals surface area contributed by atoms with E-state index in [2.05, 4.69) is 70.2 Å². The SMILES string of the molecule is CCc1cc(-c2nc(Nc3cc([N+](=O)[O-])c(C(C)CCCCN(C)C)cc3OC)nc3sccc23)cc2c1N=C(C)C(C(C)C)CC2. The molecule has 0 aliphatic carbocycles. The summed E-state index contributed by atoms with van der Waals surface area (Å²) >= 11 is 1.55. The number of aromatic nitrogens is 2. The Bertz CT molecular complexity index is 1780. The lowest BCUT2D eigenvalue weighted by Crippen LogP contribution is -2.17. The highest BCUT2D eigenvalue weighted by molar-refractivity contribution is 7.16. The zero-order valence-corrected chi connectivity index (χ0v) is 29.8. The van der Waals surface area contributed by atoms with Crippen LogP contribution in [0.4, 0.5) is 23.0 Å². The van der Waals surface area contributed by atoms with Crippen LogP contribution >= 0.6 is 11.3 Å². The molecule has 0 saturated carbocycles. The normalized spacial score (nSPS) is 15.4. The first kappa shape index (κ1) is 34.4. The molecule has 47 heavy (non-hydrogen) atoms. The first-order chi connectivity index (χ1) is 22.5. The Hall–Kier alpha value is -3.89. The number of nitro groups is 1. The smallest absolute Gasteiger partial charge is 0.275 e. The number of thiophene rings is 1. The summed E-state index contributed by atoms with van der Waals surface area (Å²) in [6.07, 6.45) is 5.79. The summed E-state index contributed by atoms with van der Waals surface area (Å²) in [5.74, 6) is 1.90. The summed E-state index contributed by atoms with van der Waals surface area (Å²) in [7, 11) is 5.70. The van der Waals surface area contributed by atoms with E-state index in [0.717, 1.165) is 72.2 Å². The van der Waals surface area contributed by atoms with E-state index in [1.54, 1.807) is 30.6 Å². The Balaban J connectivity index is 1.52. The molecular weight excluding hydrogens is 609 g/mol. The van der Waals surface area contributed by atoms with E-state index in [4.69, 9.17) is 19.7 Å². The lowest BCUT2D eigenvalue weighted by Gasteiger charge is -2.18. The maximum absolute atomic E-state index is 12.3. The van der Waals surface area contributed by atoms with Crippen molar-refractivity contribution in [1.29, 1.82) is 0 Å². The highest BCUT2D eigenvalue weighted by Gasteiger charge is 2.25. The molecule has 0 fully saturated rings. The van der Waals surface area contributed by atoms with Gasteiger partial charge in [-0.15, -0.1) is 11.3 Å². The summed E-state index contributed by atoms with van der Waals surface area (Å²) in [6.45, 7) is 11.9. The molecule has 2 atom stereocenters. The molecule has 0 bridgehead atoms. The lowest BCUT2D eigenvalue weighted by molar-refractivity contribution is -0.385. The van der Waals surface area contributed by atoms with Gasteiger partial charge in [-0.3, -0.25) is 15.1 Å². The van der Waals surface area contributed by atoms with Gasteiger partial charge in [-0.25, -0.2) is 9.97 Å². The first-order valence-corrected chi connectivity index (χ1v) is 17.6. The number of aliphatic imine (C=N–C) groups is 1. The molecule has 10 heteroatoms. The fourth-order valence-electron chi connectivity index (χ4n) is 6.78. The molecule has 5 rings (SSSR count). The van der Waals surface area contributed by atoms with Crippen LogP contribution in [0.2, 0.25) is 0 Å². The topological polar surface area (TPSA) is 106 Å². The lowest BCUT2D eigenvalue weighted by atomic mass is 9.86. The number of nitrogens with zero attached hydrogens (tertiary/aromatic N) is 5. The Morgan fingerprint density at radius 2 is 1.94 bits per heavy atom. The first-order valence-electron chi connectivity index (χ1n) is 16.7. The van der Waals surface area contributed by atoms with E-state index in [9.17, 15) is 10.1 Å². The Kier molecular flexibility index (Phi) is 10.9. The van der Waals surface area contributed by atoms with Crippen molar-refractivity contribution in [3.8, 4) is 17.0 Å². The molecule has 1 N–H and O–H groups in total. The monoisotopic (exact) mass is 656 g/mol. The molecular formula is C37H48N6O3S. The van der Waals surface area contributed by atoms with Crippen molar-refractivity contribution < 1.29 is 9.66 Å². The van der Waals surface area contributed by atoms with Gasteiger partial charge in [0, 0.05) is 28.3 Å². The molecule has 2 aromatic carbocycles. The molecule has 3 heterocycles. The van der Waals surface area contributed by atoms with Crippen molar-refractivity contribution in [2.24, 2.45) is 16.8 Å². The fraction of sp³-hybridized carbons (Fsp3) is 0.486. The number of rotatable bonds is 13. The van der Waals surface area contributed by atoms with Crippen molar-refractivity contribution in [1.82, 2.24) is 14.9 Å². The van der Waals surface area contributed by atoms with Crippen molar-refractivity contribution in [3.05, 3.63) is 62.5 Å². The molecule has 4 aromatic rings. The molecule has 2 unspecified atom stereocenters. The second-order valence-electron chi connectivity index (χ2n) is 13.4. The number of hydrogen-bond donors (Lipinski definition) is 1. The number of fused-ring (bicyclic) bond motifs is 2. The zero-order valence-electron chi connectivity index (χ0n) is 29.0. The van der Waals surface area contributed by atoms with Gasteiger partial charge in [0.15, 0.2) is 0 Å². The predicted octanol–water partition coefficient (Wildman–Crippen LogP) is 9.73. The van der Waals surface area contributed by atoms with Crippen molar-refractivity contribution in [2.75, 3.05) is 33.1 Å². The fourth-order valence-corrected chi connectivity index (χ4v) is 7.55. The average Bonchev–Trinajstić information content (AvgIpc) is 3.44.